The maximum atomic E-state index is 9.83. The van der Waals surface area contributed by atoms with Crippen LogP contribution in [0.2, 0.25) is 0 Å². The average molecular weight is 252 g/mol. The highest BCUT2D eigenvalue weighted by Crippen LogP contribution is 2.12. The molecule has 0 atom stereocenters. The van der Waals surface area contributed by atoms with Crippen molar-refractivity contribution in [2.45, 2.75) is 83.5 Å². The summed E-state index contributed by atoms with van der Waals surface area (Å²) in [5, 5.41) is 0. The Kier molecular flexibility index (Phi) is 15.8. The van der Waals surface area contributed by atoms with Crippen molar-refractivity contribution in [1.82, 2.24) is 0 Å². The minimum absolute atomic E-state index is 0.663. The molecule has 0 saturated heterocycles. The lowest BCUT2D eigenvalue weighted by Gasteiger charge is -2.02. The van der Waals surface area contributed by atoms with Crippen LogP contribution >= 0.6 is 0 Å². The molecule has 0 N–H and O–H groups in total. The third kappa shape index (κ3) is 15.4. The van der Waals surface area contributed by atoms with Crippen LogP contribution in [0.5, 0.6) is 0 Å². The van der Waals surface area contributed by atoms with Gasteiger partial charge in [0.1, 0.15) is 0 Å². The Morgan fingerprint density at radius 3 is 1.44 bits per heavy atom. The number of hydrogen-bond acceptors (Lipinski definition) is 2. The van der Waals surface area contributed by atoms with Crippen LogP contribution < -0.4 is 0 Å². The number of unbranched alkanes of at least 4 members (excludes halogenated alkanes) is 12. The van der Waals surface area contributed by atoms with Crippen LogP contribution in [0.4, 0.5) is 0 Å². The van der Waals surface area contributed by atoms with Gasteiger partial charge in [0.25, 0.3) is 0 Å². The molecule has 0 heterocycles. The van der Waals surface area contributed by atoms with Crippen LogP contribution in [-0.2, 0) is 4.79 Å². The summed E-state index contributed by atoms with van der Waals surface area (Å²) in [6.07, 6.45) is 18.6. The molecule has 0 aromatic carbocycles. The summed E-state index contributed by atoms with van der Waals surface area (Å²) in [6, 6.07) is 0. The van der Waals surface area contributed by atoms with Crippen molar-refractivity contribution in [3.63, 3.8) is 0 Å². The molecule has 0 aromatic heterocycles. The molecule has 1 radical (unpaired) electrons. The number of rotatable bonds is 14. The summed E-state index contributed by atoms with van der Waals surface area (Å²) in [5.74, 6) is 0. The SMILES string of the molecule is [CH2]CCCCCCCCCCCCCCN=C=O. The number of nitrogens with zero attached hydrogens (tertiary/aromatic N) is 1. The van der Waals surface area contributed by atoms with Gasteiger partial charge in [0.15, 0.2) is 0 Å². The number of hydrogen-bond donors (Lipinski definition) is 0. The molecule has 18 heavy (non-hydrogen) atoms. The van der Waals surface area contributed by atoms with Gasteiger partial charge >= 0.3 is 0 Å². The normalized spacial score (nSPS) is 10.3. The van der Waals surface area contributed by atoms with Gasteiger partial charge < -0.3 is 0 Å². The van der Waals surface area contributed by atoms with E-state index < -0.39 is 0 Å². The van der Waals surface area contributed by atoms with Gasteiger partial charge in [-0.2, -0.15) is 0 Å². The predicted octanol–water partition coefficient (Wildman–Crippen LogP) is 5.23. The smallest absolute Gasteiger partial charge is 0.211 e. The van der Waals surface area contributed by atoms with E-state index in [9.17, 15) is 4.79 Å². The van der Waals surface area contributed by atoms with E-state index >= 15 is 0 Å². The van der Waals surface area contributed by atoms with Crippen LogP contribution in [-0.4, -0.2) is 12.6 Å². The van der Waals surface area contributed by atoms with E-state index in [0.717, 1.165) is 12.8 Å². The Hall–Kier alpha value is -0.620. The Morgan fingerprint density at radius 2 is 1.06 bits per heavy atom. The molecule has 0 bridgehead atoms. The lowest BCUT2D eigenvalue weighted by molar-refractivity contribution is 0.541. The quantitative estimate of drug-likeness (QED) is 0.236. The molecule has 0 aliphatic carbocycles. The third-order valence-corrected chi connectivity index (χ3v) is 3.33. The fraction of sp³-hybridized carbons (Fsp3) is 0.875. The molecular formula is C16H30NO. The molecule has 0 spiro atoms. The van der Waals surface area contributed by atoms with Gasteiger partial charge in [-0.1, -0.05) is 84.0 Å². The minimum Gasteiger partial charge on any atom is -0.211 e. The van der Waals surface area contributed by atoms with Crippen molar-refractivity contribution in [2.24, 2.45) is 4.99 Å². The van der Waals surface area contributed by atoms with Gasteiger partial charge in [-0.15, -0.1) is 0 Å². The summed E-state index contributed by atoms with van der Waals surface area (Å²) in [7, 11) is 0. The first-order valence-corrected chi connectivity index (χ1v) is 7.74. The molecule has 0 aliphatic rings. The molecule has 105 valence electrons. The Labute approximate surface area is 113 Å². The lowest BCUT2D eigenvalue weighted by Crippen LogP contribution is -1.84. The summed E-state index contributed by atoms with van der Waals surface area (Å²) >= 11 is 0. The van der Waals surface area contributed by atoms with Gasteiger partial charge in [0, 0.05) is 0 Å². The van der Waals surface area contributed by atoms with Crippen molar-refractivity contribution >= 4 is 6.08 Å². The van der Waals surface area contributed by atoms with Crippen LogP contribution in [0.1, 0.15) is 83.5 Å². The van der Waals surface area contributed by atoms with Crippen LogP contribution in [0.3, 0.4) is 0 Å². The van der Waals surface area contributed by atoms with E-state index in [4.69, 9.17) is 0 Å². The van der Waals surface area contributed by atoms with E-state index in [1.807, 2.05) is 0 Å². The Balaban J connectivity index is 2.92. The zero-order valence-electron chi connectivity index (χ0n) is 12.0. The predicted molar refractivity (Wildman–Crippen MR) is 78.4 cm³/mol. The highest BCUT2D eigenvalue weighted by molar-refractivity contribution is 5.32. The second kappa shape index (κ2) is 16.4. The maximum Gasteiger partial charge on any atom is 0.234 e. The van der Waals surface area contributed by atoms with E-state index in [2.05, 4.69) is 11.9 Å². The topological polar surface area (TPSA) is 29.4 Å². The molecule has 0 aliphatic heterocycles. The van der Waals surface area contributed by atoms with Gasteiger partial charge in [0.2, 0.25) is 6.08 Å². The molecule has 0 rings (SSSR count). The molecule has 0 saturated carbocycles. The number of carbonyl (C=O) groups excluding carboxylic acids is 1. The zero-order chi connectivity index (χ0) is 13.3. The van der Waals surface area contributed by atoms with Crippen molar-refractivity contribution in [2.75, 3.05) is 6.54 Å². The fourth-order valence-electron chi connectivity index (χ4n) is 2.18. The van der Waals surface area contributed by atoms with Crippen molar-refractivity contribution in [3.05, 3.63) is 6.92 Å². The first-order valence-electron chi connectivity index (χ1n) is 7.74. The lowest BCUT2D eigenvalue weighted by atomic mass is 10.0. The van der Waals surface area contributed by atoms with Gasteiger partial charge in [0.05, 0.1) is 6.54 Å². The maximum absolute atomic E-state index is 9.83. The Morgan fingerprint density at radius 1 is 0.667 bits per heavy atom. The average Bonchev–Trinajstić information content (AvgIpc) is 2.39. The molecule has 0 unspecified atom stereocenters. The van der Waals surface area contributed by atoms with Crippen LogP contribution in [0, 0.1) is 6.92 Å². The molecule has 2 nitrogen and oxygen atoms in total. The van der Waals surface area contributed by atoms with Gasteiger partial charge in [-0.3, -0.25) is 0 Å². The van der Waals surface area contributed by atoms with E-state index in [1.54, 1.807) is 6.08 Å². The first-order chi connectivity index (χ1) is 8.91. The van der Waals surface area contributed by atoms with Crippen molar-refractivity contribution in [3.8, 4) is 0 Å². The van der Waals surface area contributed by atoms with Crippen molar-refractivity contribution in [1.29, 1.82) is 0 Å². The second-order valence-corrected chi connectivity index (χ2v) is 5.07. The third-order valence-electron chi connectivity index (χ3n) is 3.33. The molecule has 2 heteroatoms. The highest BCUT2D eigenvalue weighted by atomic mass is 16.1. The van der Waals surface area contributed by atoms with Gasteiger partial charge in [-0.25, -0.2) is 9.79 Å². The minimum atomic E-state index is 0.663. The van der Waals surface area contributed by atoms with Crippen LogP contribution in [0.25, 0.3) is 0 Å². The Bertz CT molecular complexity index is 197. The summed E-state index contributed by atoms with van der Waals surface area (Å²) in [6.45, 7) is 4.52. The summed E-state index contributed by atoms with van der Waals surface area (Å²) < 4.78 is 0. The van der Waals surface area contributed by atoms with Crippen molar-refractivity contribution < 1.29 is 4.79 Å². The molecule has 0 fully saturated rings. The number of aliphatic imine (C=N–C) groups is 1. The highest BCUT2D eigenvalue weighted by Gasteiger charge is 1.93. The molecular weight excluding hydrogens is 222 g/mol. The fourth-order valence-corrected chi connectivity index (χ4v) is 2.18. The van der Waals surface area contributed by atoms with Gasteiger partial charge in [-0.05, 0) is 6.42 Å². The first kappa shape index (κ1) is 17.4. The standard InChI is InChI=1S/C16H30NO/c1-2-3-4-5-6-7-8-9-10-11-12-13-14-15-17-16-18/h1-15H2. The molecule has 0 amide bonds. The second-order valence-electron chi connectivity index (χ2n) is 5.07. The summed E-state index contributed by atoms with van der Waals surface area (Å²) in [4.78, 5) is 13.4. The summed E-state index contributed by atoms with van der Waals surface area (Å²) in [5.41, 5.74) is 0. The van der Waals surface area contributed by atoms with Crippen LogP contribution in [0.15, 0.2) is 4.99 Å². The molecule has 0 aromatic rings. The van der Waals surface area contributed by atoms with E-state index in [-0.39, 0.29) is 0 Å². The number of isocyanates is 1. The zero-order valence-corrected chi connectivity index (χ0v) is 12.0. The van der Waals surface area contributed by atoms with E-state index in [1.165, 1.54) is 70.6 Å². The monoisotopic (exact) mass is 252 g/mol. The van der Waals surface area contributed by atoms with E-state index in [0.29, 0.717) is 6.54 Å². The largest absolute Gasteiger partial charge is 0.234 e.